The number of amidine groups is 1. The second kappa shape index (κ2) is 7.20. The summed E-state index contributed by atoms with van der Waals surface area (Å²) in [4.78, 5) is 12.2. The number of hydrogen-bond acceptors (Lipinski definition) is 7. The van der Waals surface area contributed by atoms with Crippen molar-refractivity contribution >= 4 is 16.9 Å². The summed E-state index contributed by atoms with van der Waals surface area (Å²) < 4.78 is 17.3. The van der Waals surface area contributed by atoms with Crippen LogP contribution in [0.25, 0.3) is 0 Å². The highest BCUT2D eigenvalue weighted by Gasteiger charge is 2.46. The van der Waals surface area contributed by atoms with E-state index in [-0.39, 0.29) is 18.9 Å². The van der Waals surface area contributed by atoms with E-state index in [1.54, 1.807) is 0 Å². The quantitative estimate of drug-likeness (QED) is 0.754. The molecule has 7 heteroatoms. The van der Waals surface area contributed by atoms with Crippen LogP contribution in [0.3, 0.4) is 0 Å². The lowest BCUT2D eigenvalue weighted by Crippen LogP contribution is -2.35. The van der Waals surface area contributed by atoms with Crippen molar-refractivity contribution in [1.29, 1.82) is 0 Å². The van der Waals surface area contributed by atoms with Crippen LogP contribution in [-0.2, 0) is 0 Å². The van der Waals surface area contributed by atoms with Gasteiger partial charge in [0.05, 0.1) is 18.3 Å². The van der Waals surface area contributed by atoms with Gasteiger partial charge in [-0.05, 0) is 31.5 Å². The van der Waals surface area contributed by atoms with E-state index in [1.807, 2.05) is 43.1 Å². The zero-order valence-corrected chi connectivity index (χ0v) is 16.8. The van der Waals surface area contributed by atoms with E-state index in [0.717, 1.165) is 45.8 Å². The molecule has 0 radical (unpaired) electrons. The smallest absolute Gasteiger partial charge is 0.231 e. The molecular weight excluding hydrogens is 374 g/mol. The Balaban J connectivity index is 1.65. The number of aromatic nitrogens is 1. The summed E-state index contributed by atoms with van der Waals surface area (Å²) in [7, 11) is 0. The number of fused-ring (bicyclic) bond motifs is 2. The minimum atomic E-state index is -0.0716. The molecule has 3 atom stereocenters. The Morgan fingerprint density at radius 3 is 2.82 bits per heavy atom. The molecule has 0 spiro atoms. The van der Waals surface area contributed by atoms with Crippen molar-refractivity contribution in [3.05, 3.63) is 47.8 Å². The van der Waals surface area contributed by atoms with Gasteiger partial charge in [-0.2, -0.15) is 0 Å². The number of aliphatic imine (C=N–C) groups is 1. The summed E-state index contributed by atoms with van der Waals surface area (Å²) in [6, 6.07) is 10.5. The van der Waals surface area contributed by atoms with Crippen LogP contribution in [0, 0.1) is 0 Å². The van der Waals surface area contributed by atoms with Gasteiger partial charge in [-0.15, -0.1) is 0 Å². The molecule has 3 aliphatic rings. The van der Waals surface area contributed by atoms with E-state index >= 15 is 0 Å². The fraction of sp³-hybridized carbons (Fsp3) is 0.429. The topological polar surface area (TPSA) is 56.2 Å². The molecule has 1 saturated heterocycles. The first-order valence-electron chi connectivity index (χ1n) is 9.76. The molecule has 5 rings (SSSR count). The lowest BCUT2D eigenvalue weighted by Gasteiger charge is -2.32. The van der Waals surface area contributed by atoms with Crippen LogP contribution in [0.15, 0.2) is 41.5 Å². The van der Waals surface area contributed by atoms with Gasteiger partial charge in [-0.1, -0.05) is 24.8 Å². The van der Waals surface area contributed by atoms with E-state index in [0.29, 0.717) is 12.6 Å². The molecule has 1 fully saturated rings. The minimum absolute atomic E-state index is 0.0286. The summed E-state index contributed by atoms with van der Waals surface area (Å²) in [5.41, 5.74) is 2.06. The lowest BCUT2D eigenvalue weighted by atomic mass is 9.94. The fourth-order valence-electron chi connectivity index (χ4n) is 4.14. The van der Waals surface area contributed by atoms with Crippen LogP contribution < -0.4 is 14.2 Å². The first kappa shape index (κ1) is 17.7. The predicted molar refractivity (Wildman–Crippen MR) is 109 cm³/mol. The third-order valence-corrected chi connectivity index (χ3v) is 6.58. The summed E-state index contributed by atoms with van der Waals surface area (Å²) in [5.74, 6) is 3.41. The molecule has 3 aliphatic heterocycles. The zero-order valence-electron chi connectivity index (χ0n) is 16.0. The highest BCUT2D eigenvalue weighted by atomic mass is 32.2. The van der Waals surface area contributed by atoms with Crippen LogP contribution in [-0.4, -0.2) is 40.2 Å². The number of pyridine rings is 1. The standard InChI is InChI=1S/C21H23N3O3S/c1-3-13-11-28-21-23-19(15-7-5-6-8-22-15)20(24(13)21)14-9-17-18(27-12-26-17)10-16(14)25-4-2/h5-10,13,19-20H,3-4,11-12H2,1-2H3. The normalized spacial score (nSPS) is 25.0. The zero-order chi connectivity index (χ0) is 19.1. The molecule has 0 bridgehead atoms. The van der Waals surface area contributed by atoms with E-state index in [1.165, 1.54) is 0 Å². The van der Waals surface area contributed by atoms with Gasteiger partial charge in [-0.3, -0.25) is 9.98 Å². The Kier molecular flexibility index (Phi) is 4.55. The maximum atomic E-state index is 6.04. The maximum Gasteiger partial charge on any atom is 0.231 e. The molecule has 0 amide bonds. The third kappa shape index (κ3) is 2.80. The molecule has 0 aliphatic carbocycles. The van der Waals surface area contributed by atoms with Gasteiger partial charge < -0.3 is 19.1 Å². The second-order valence-corrected chi connectivity index (χ2v) is 8.00. The van der Waals surface area contributed by atoms with Gasteiger partial charge in [0.2, 0.25) is 6.79 Å². The van der Waals surface area contributed by atoms with Crippen LogP contribution in [0.2, 0.25) is 0 Å². The molecule has 4 heterocycles. The van der Waals surface area contributed by atoms with Gasteiger partial charge in [0, 0.05) is 29.6 Å². The van der Waals surface area contributed by atoms with Crippen molar-refractivity contribution in [2.24, 2.45) is 4.99 Å². The second-order valence-electron chi connectivity index (χ2n) is 7.01. The number of benzene rings is 1. The van der Waals surface area contributed by atoms with Crippen LogP contribution in [0.5, 0.6) is 17.2 Å². The molecule has 0 N–H and O–H groups in total. The Morgan fingerprint density at radius 2 is 2.07 bits per heavy atom. The summed E-state index contributed by atoms with van der Waals surface area (Å²) in [6.45, 7) is 5.08. The van der Waals surface area contributed by atoms with Crippen LogP contribution >= 0.6 is 11.8 Å². The average molecular weight is 398 g/mol. The van der Waals surface area contributed by atoms with Gasteiger partial charge in [0.15, 0.2) is 16.7 Å². The van der Waals surface area contributed by atoms with Crippen LogP contribution in [0.1, 0.15) is 43.6 Å². The van der Waals surface area contributed by atoms with Crippen molar-refractivity contribution in [3.63, 3.8) is 0 Å². The van der Waals surface area contributed by atoms with E-state index in [4.69, 9.17) is 19.2 Å². The summed E-state index contributed by atoms with van der Waals surface area (Å²) in [5, 5.41) is 1.10. The minimum Gasteiger partial charge on any atom is -0.493 e. The third-order valence-electron chi connectivity index (χ3n) is 5.45. The van der Waals surface area contributed by atoms with E-state index in [9.17, 15) is 0 Å². The Hall–Kier alpha value is -2.41. The van der Waals surface area contributed by atoms with Crippen molar-refractivity contribution in [2.45, 2.75) is 38.4 Å². The first-order valence-corrected chi connectivity index (χ1v) is 10.7. The predicted octanol–water partition coefficient (Wildman–Crippen LogP) is 4.19. The van der Waals surface area contributed by atoms with E-state index < -0.39 is 0 Å². The number of nitrogens with zero attached hydrogens (tertiary/aromatic N) is 3. The maximum absolute atomic E-state index is 6.04. The molecule has 3 unspecified atom stereocenters. The molecular formula is C21H23N3O3S. The molecule has 0 saturated carbocycles. The van der Waals surface area contributed by atoms with Crippen LogP contribution in [0.4, 0.5) is 0 Å². The van der Waals surface area contributed by atoms with Gasteiger partial charge in [0.25, 0.3) is 0 Å². The number of hydrogen-bond donors (Lipinski definition) is 0. The van der Waals surface area contributed by atoms with Crippen molar-refractivity contribution in [3.8, 4) is 17.2 Å². The lowest BCUT2D eigenvalue weighted by molar-refractivity contribution is 0.173. The first-order chi connectivity index (χ1) is 13.8. The Labute approximate surface area is 168 Å². The largest absolute Gasteiger partial charge is 0.493 e. The summed E-state index contributed by atoms with van der Waals surface area (Å²) in [6.07, 6.45) is 2.91. The SMILES string of the molecule is CCOc1cc2c(cc1C1C(c3ccccn3)N=C3SCC(CC)N31)OCO2. The van der Waals surface area contributed by atoms with Crippen molar-refractivity contribution in [1.82, 2.24) is 9.88 Å². The Bertz CT molecular complexity index is 905. The highest BCUT2D eigenvalue weighted by molar-refractivity contribution is 8.14. The molecule has 28 heavy (non-hydrogen) atoms. The molecule has 2 aromatic rings. The van der Waals surface area contributed by atoms with E-state index in [2.05, 4.69) is 28.9 Å². The number of ether oxygens (including phenoxy) is 3. The van der Waals surface area contributed by atoms with Crippen molar-refractivity contribution < 1.29 is 14.2 Å². The van der Waals surface area contributed by atoms with Gasteiger partial charge in [0.1, 0.15) is 11.8 Å². The number of thioether (sulfide) groups is 1. The fourth-order valence-corrected chi connectivity index (χ4v) is 5.48. The summed E-state index contributed by atoms with van der Waals surface area (Å²) >= 11 is 1.84. The Morgan fingerprint density at radius 1 is 1.21 bits per heavy atom. The van der Waals surface area contributed by atoms with Gasteiger partial charge >= 0.3 is 0 Å². The molecule has 6 nitrogen and oxygen atoms in total. The van der Waals surface area contributed by atoms with Crippen molar-refractivity contribution in [2.75, 3.05) is 19.2 Å². The number of rotatable bonds is 5. The molecule has 1 aromatic heterocycles. The average Bonchev–Trinajstić information content (AvgIpc) is 3.42. The monoisotopic (exact) mass is 397 g/mol. The highest BCUT2D eigenvalue weighted by Crippen LogP contribution is 2.52. The van der Waals surface area contributed by atoms with Gasteiger partial charge in [-0.25, -0.2) is 0 Å². The molecule has 146 valence electrons. The molecule has 1 aromatic carbocycles.